The molecule has 0 fully saturated rings. The standard InChI is InChI=1S/C17H34O7/c1-2-3-4-5-6-7-8-9-10-15(21)24-14(12-19)17(23)16(22)13(20)11-18/h13-14,16-20,22-23H,2-12H2,1H3/t13-,14-,16-,17-/m0/s1. The summed E-state index contributed by atoms with van der Waals surface area (Å²) in [5, 5.41) is 46.5. The molecule has 0 saturated heterocycles. The van der Waals surface area contributed by atoms with E-state index >= 15 is 0 Å². The first-order chi connectivity index (χ1) is 11.5. The number of unbranched alkanes of at least 4 members (excludes halogenated alkanes) is 7. The van der Waals surface area contributed by atoms with Crippen LogP contribution in [0.25, 0.3) is 0 Å². The maximum Gasteiger partial charge on any atom is 0.306 e. The molecular formula is C17H34O7. The van der Waals surface area contributed by atoms with Gasteiger partial charge in [-0.15, -0.1) is 0 Å². The maximum atomic E-state index is 11.7. The van der Waals surface area contributed by atoms with Gasteiger partial charge in [0.25, 0.3) is 0 Å². The van der Waals surface area contributed by atoms with Gasteiger partial charge in [-0.2, -0.15) is 0 Å². The second kappa shape index (κ2) is 14.6. The molecule has 0 amide bonds. The zero-order valence-corrected chi connectivity index (χ0v) is 14.6. The van der Waals surface area contributed by atoms with Gasteiger partial charge in [-0.1, -0.05) is 51.9 Å². The third kappa shape index (κ3) is 10.2. The van der Waals surface area contributed by atoms with Crippen LogP contribution in [0.5, 0.6) is 0 Å². The van der Waals surface area contributed by atoms with Crippen LogP contribution in [0.15, 0.2) is 0 Å². The number of aliphatic hydroxyl groups excluding tert-OH is 5. The predicted octanol–water partition coefficient (Wildman–Crippen LogP) is 0.496. The molecule has 0 aliphatic carbocycles. The smallest absolute Gasteiger partial charge is 0.306 e. The van der Waals surface area contributed by atoms with E-state index in [0.717, 1.165) is 19.3 Å². The second-order valence-electron chi connectivity index (χ2n) is 6.17. The molecule has 7 heteroatoms. The number of ether oxygens (including phenoxy) is 1. The highest BCUT2D eigenvalue weighted by Gasteiger charge is 2.33. The Morgan fingerprint density at radius 1 is 0.833 bits per heavy atom. The van der Waals surface area contributed by atoms with Crippen LogP contribution in [-0.4, -0.2) is 69.1 Å². The van der Waals surface area contributed by atoms with E-state index in [9.17, 15) is 20.1 Å². The largest absolute Gasteiger partial charge is 0.457 e. The summed E-state index contributed by atoms with van der Waals surface area (Å²) >= 11 is 0. The number of hydrogen-bond acceptors (Lipinski definition) is 7. The van der Waals surface area contributed by atoms with Gasteiger partial charge in [0.05, 0.1) is 13.2 Å². The van der Waals surface area contributed by atoms with Gasteiger partial charge in [0.15, 0.2) is 6.10 Å². The summed E-state index contributed by atoms with van der Waals surface area (Å²) in [7, 11) is 0. The average molecular weight is 350 g/mol. The molecule has 7 nitrogen and oxygen atoms in total. The minimum atomic E-state index is -1.71. The zero-order valence-electron chi connectivity index (χ0n) is 14.6. The fourth-order valence-electron chi connectivity index (χ4n) is 2.40. The van der Waals surface area contributed by atoms with Gasteiger partial charge < -0.3 is 30.3 Å². The molecule has 0 aliphatic rings. The summed E-state index contributed by atoms with van der Waals surface area (Å²) < 4.78 is 4.95. The van der Waals surface area contributed by atoms with E-state index in [2.05, 4.69) is 6.92 Å². The average Bonchev–Trinajstić information content (AvgIpc) is 2.59. The van der Waals surface area contributed by atoms with Crippen molar-refractivity contribution in [3.8, 4) is 0 Å². The molecule has 4 atom stereocenters. The molecule has 0 rings (SSSR count). The van der Waals surface area contributed by atoms with Crippen LogP contribution in [0.2, 0.25) is 0 Å². The summed E-state index contributed by atoms with van der Waals surface area (Å²) in [4.78, 5) is 11.7. The van der Waals surface area contributed by atoms with Crippen LogP contribution in [0.3, 0.4) is 0 Å². The van der Waals surface area contributed by atoms with E-state index in [1.165, 1.54) is 25.7 Å². The lowest BCUT2D eigenvalue weighted by Crippen LogP contribution is -2.48. The first-order valence-electron chi connectivity index (χ1n) is 8.93. The molecule has 0 aromatic carbocycles. The van der Waals surface area contributed by atoms with Gasteiger partial charge in [-0.3, -0.25) is 4.79 Å². The number of rotatable bonds is 15. The summed E-state index contributed by atoms with van der Waals surface area (Å²) in [6, 6.07) is 0. The molecule has 0 bridgehead atoms. The molecule has 0 saturated carbocycles. The van der Waals surface area contributed by atoms with E-state index in [-0.39, 0.29) is 6.42 Å². The highest BCUT2D eigenvalue weighted by molar-refractivity contribution is 5.69. The molecule has 0 heterocycles. The number of carbonyl (C=O) groups excluding carboxylic acids is 1. The van der Waals surface area contributed by atoms with Crippen LogP contribution >= 0.6 is 0 Å². The molecule has 0 spiro atoms. The van der Waals surface area contributed by atoms with Crippen molar-refractivity contribution in [3.63, 3.8) is 0 Å². The minimum Gasteiger partial charge on any atom is -0.457 e. The van der Waals surface area contributed by atoms with Crippen LogP contribution < -0.4 is 0 Å². The molecule has 5 N–H and O–H groups in total. The SMILES string of the molecule is CCCCCCCCCCC(=O)O[C@@H](CO)[C@H](O)[C@@H](O)[C@@H](O)CO. The zero-order chi connectivity index (χ0) is 18.4. The maximum absolute atomic E-state index is 11.7. The number of carbonyl (C=O) groups is 1. The van der Waals surface area contributed by atoms with Crippen LogP contribution in [0, 0.1) is 0 Å². The quantitative estimate of drug-likeness (QED) is 0.215. The topological polar surface area (TPSA) is 127 Å². The Hall–Kier alpha value is -0.730. The molecule has 24 heavy (non-hydrogen) atoms. The van der Waals surface area contributed by atoms with Crippen molar-refractivity contribution >= 4 is 5.97 Å². The van der Waals surface area contributed by atoms with E-state index in [1.807, 2.05) is 0 Å². The van der Waals surface area contributed by atoms with Crippen LogP contribution in [0.4, 0.5) is 0 Å². The lowest BCUT2D eigenvalue weighted by molar-refractivity contribution is -0.171. The molecule has 0 radical (unpaired) electrons. The fraction of sp³-hybridized carbons (Fsp3) is 0.941. The van der Waals surface area contributed by atoms with Gasteiger partial charge in [-0.25, -0.2) is 0 Å². The summed E-state index contributed by atoms with van der Waals surface area (Å²) in [5.74, 6) is -0.565. The number of aliphatic hydroxyl groups is 5. The first-order valence-corrected chi connectivity index (χ1v) is 8.93. The third-order valence-corrected chi connectivity index (χ3v) is 4.01. The monoisotopic (exact) mass is 350 g/mol. The Morgan fingerprint density at radius 2 is 1.38 bits per heavy atom. The lowest BCUT2D eigenvalue weighted by Gasteiger charge is -2.27. The van der Waals surface area contributed by atoms with Crippen molar-refractivity contribution in [2.24, 2.45) is 0 Å². The van der Waals surface area contributed by atoms with E-state index in [1.54, 1.807) is 0 Å². The van der Waals surface area contributed by atoms with Crippen molar-refractivity contribution in [1.29, 1.82) is 0 Å². The Labute approximate surface area is 144 Å². The molecule has 144 valence electrons. The van der Waals surface area contributed by atoms with Crippen molar-refractivity contribution < 1.29 is 35.1 Å². The number of esters is 1. The Balaban J connectivity index is 3.94. The lowest BCUT2D eigenvalue weighted by atomic mass is 10.0. The molecule has 0 aliphatic heterocycles. The normalized spacial score (nSPS) is 16.4. The van der Waals surface area contributed by atoms with Crippen molar-refractivity contribution in [3.05, 3.63) is 0 Å². The van der Waals surface area contributed by atoms with E-state index in [0.29, 0.717) is 6.42 Å². The molecule has 0 unspecified atom stereocenters. The van der Waals surface area contributed by atoms with Crippen LogP contribution in [0.1, 0.15) is 64.7 Å². The van der Waals surface area contributed by atoms with Crippen molar-refractivity contribution in [2.75, 3.05) is 13.2 Å². The Kier molecular flexibility index (Phi) is 14.2. The summed E-state index contributed by atoms with van der Waals surface area (Å²) in [5.41, 5.74) is 0. The highest BCUT2D eigenvalue weighted by atomic mass is 16.6. The summed E-state index contributed by atoms with van der Waals surface area (Å²) in [6.45, 7) is 0.744. The third-order valence-electron chi connectivity index (χ3n) is 4.01. The van der Waals surface area contributed by atoms with Gasteiger partial charge in [0.2, 0.25) is 0 Å². The van der Waals surface area contributed by atoms with E-state index < -0.39 is 43.6 Å². The fourth-order valence-corrected chi connectivity index (χ4v) is 2.40. The van der Waals surface area contributed by atoms with Gasteiger partial charge in [0.1, 0.15) is 18.3 Å². The first kappa shape index (κ1) is 23.3. The molecule has 0 aromatic heterocycles. The summed E-state index contributed by atoms with van der Waals surface area (Å²) in [6.07, 6.45) is 2.63. The predicted molar refractivity (Wildman–Crippen MR) is 89.3 cm³/mol. The van der Waals surface area contributed by atoms with Crippen molar-refractivity contribution in [2.45, 2.75) is 89.1 Å². The second-order valence-corrected chi connectivity index (χ2v) is 6.17. The van der Waals surface area contributed by atoms with Crippen LogP contribution in [-0.2, 0) is 9.53 Å². The molecule has 0 aromatic rings. The molecular weight excluding hydrogens is 316 g/mol. The van der Waals surface area contributed by atoms with Gasteiger partial charge in [-0.05, 0) is 6.42 Å². The van der Waals surface area contributed by atoms with E-state index in [4.69, 9.17) is 14.9 Å². The minimum absolute atomic E-state index is 0.177. The van der Waals surface area contributed by atoms with Crippen molar-refractivity contribution in [1.82, 2.24) is 0 Å². The Morgan fingerprint density at radius 3 is 1.88 bits per heavy atom. The van der Waals surface area contributed by atoms with Gasteiger partial charge in [0, 0.05) is 6.42 Å². The van der Waals surface area contributed by atoms with Gasteiger partial charge >= 0.3 is 5.97 Å². The number of hydrogen-bond donors (Lipinski definition) is 5. The Bertz CT molecular complexity index is 311. The highest BCUT2D eigenvalue weighted by Crippen LogP contribution is 2.12.